The third kappa shape index (κ3) is 3.79. The van der Waals surface area contributed by atoms with E-state index in [0.717, 1.165) is 37.8 Å². The minimum atomic E-state index is -4.36. The number of nitrogens with one attached hydrogen (secondary N) is 1. The normalized spacial score (nSPS) is 23.6. The molecule has 1 saturated carbocycles. The van der Waals surface area contributed by atoms with E-state index < -0.39 is 11.7 Å². The molecule has 1 aromatic rings. The van der Waals surface area contributed by atoms with Gasteiger partial charge < -0.3 is 10.1 Å². The van der Waals surface area contributed by atoms with Gasteiger partial charge in [-0.1, -0.05) is 11.6 Å². The second kappa shape index (κ2) is 6.22. The average molecular weight is 308 g/mol. The Morgan fingerprint density at radius 3 is 2.70 bits per heavy atom. The molecular formula is C14H17ClF3NO. The van der Waals surface area contributed by atoms with Gasteiger partial charge in [0.05, 0.1) is 22.4 Å². The molecule has 20 heavy (non-hydrogen) atoms. The quantitative estimate of drug-likeness (QED) is 0.871. The summed E-state index contributed by atoms with van der Waals surface area (Å²) in [6, 6.07) is 3.43. The maximum atomic E-state index is 12.7. The molecule has 2 atom stereocenters. The maximum absolute atomic E-state index is 12.7. The standard InChI is InChI=1S/C14H17ClF3NO/c1-20-11-4-2-3-10(8-11)19-13-7-9(14(16,17)18)5-6-12(13)15/h5-7,10-11,19H,2-4,8H2,1H3. The minimum Gasteiger partial charge on any atom is -0.381 e. The maximum Gasteiger partial charge on any atom is 0.416 e. The molecule has 1 aliphatic rings. The first-order chi connectivity index (χ1) is 9.40. The number of anilines is 1. The number of rotatable bonds is 3. The molecule has 112 valence electrons. The van der Waals surface area contributed by atoms with Crippen LogP contribution in [0.4, 0.5) is 18.9 Å². The monoisotopic (exact) mass is 307 g/mol. The lowest BCUT2D eigenvalue weighted by Crippen LogP contribution is -2.31. The number of ether oxygens (including phenoxy) is 1. The highest BCUT2D eigenvalue weighted by Gasteiger charge is 2.31. The van der Waals surface area contributed by atoms with Gasteiger partial charge in [0.1, 0.15) is 0 Å². The lowest BCUT2D eigenvalue weighted by atomic mass is 9.92. The molecular weight excluding hydrogens is 291 g/mol. The van der Waals surface area contributed by atoms with Crippen LogP contribution in [0.5, 0.6) is 0 Å². The third-order valence-corrected chi connectivity index (χ3v) is 3.94. The fourth-order valence-corrected chi connectivity index (χ4v) is 2.69. The largest absolute Gasteiger partial charge is 0.416 e. The Labute approximate surface area is 121 Å². The first-order valence-corrected chi connectivity index (χ1v) is 6.94. The molecule has 0 heterocycles. The highest BCUT2D eigenvalue weighted by Crippen LogP contribution is 2.35. The summed E-state index contributed by atoms with van der Waals surface area (Å²) in [5, 5.41) is 3.42. The van der Waals surface area contributed by atoms with Crippen molar-refractivity contribution in [3.8, 4) is 0 Å². The lowest BCUT2D eigenvalue weighted by Gasteiger charge is -2.30. The first kappa shape index (κ1) is 15.4. The van der Waals surface area contributed by atoms with E-state index >= 15 is 0 Å². The van der Waals surface area contributed by atoms with Crippen LogP contribution >= 0.6 is 11.6 Å². The molecule has 2 nitrogen and oxygen atoms in total. The molecule has 1 fully saturated rings. The number of alkyl halides is 3. The molecule has 1 aromatic carbocycles. The molecule has 6 heteroatoms. The van der Waals surface area contributed by atoms with Gasteiger partial charge in [-0.2, -0.15) is 13.2 Å². The summed E-state index contributed by atoms with van der Waals surface area (Å²) >= 11 is 5.97. The van der Waals surface area contributed by atoms with E-state index in [9.17, 15) is 13.2 Å². The number of methoxy groups -OCH3 is 1. The lowest BCUT2D eigenvalue weighted by molar-refractivity contribution is -0.137. The van der Waals surface area contributed by atoms with Crippen molar-refractivity contribution >= 4 is 17.3 Å². The molecule has 0 aromatic heterocycles. The van der Waals surface area contributed by atoms with Gasteiger partial charge in [0.2, 0.25) is 0 Å². The van der Waals surface area contributed by atoms with Gasteiger partial charge in [0.15, 0.2) is 0 Å². The van der Waals surface area contributed by atoms with Crippen LogP contribution in [0.2, 0.25) is 5.02 Å². The van der Waals surface area contributed by atoms with Crippen molar-refractivity contribution in [2.75, 3.05) is 12.4 Å². The van der Waals surface area contributed by atoms with E-state index in [0.29, 0.717) is 10.7 Å². The molecule has 0 amide bonds. The van der Waals surface area contributed by atoms with Crippen LogP contribution in [0.25, 0.3) is 0 Å². The van der Waals surface area contributed by atoms with Crippen LogP contribution in [0.3, 0.4) is 0 Å². The Hall–Kier alpha value is -0.940. The van der Waals surface area contributed by atoms with Gasteiger partial charge >= 0.3 is 6.18 Å². The van der Waals surface area contributed by atoms with Crippen molar-refractivity contribution in [2.45, 2.75) is 44.0 Å². The Morgan fingerprint density at radius 2 is 2.05 bits per heavy atom. The predicted octanol–water partition coefficient (Wildman–Crippen LogP) is 4.73. The van der Waals surface area contributed by atoms with E-state index in [-0.39, 0.29) is 12.1 Å². The molecule has 1 N–H and O–H groups in total. The highest BCUT2D eigenvalue weighted by molar-refractivity contribution is 6.33. The summed E-state index contributed by atoms with van der Waals surface area (Å²) in [7, 11) is 1.66. The van der Waals surface area contributed by atoms with E-state index in [1.54, 1.807) is 7.11 Å². The van der Waals surface area contributed by atoms with E-state index in [1.807, 2.05) is 0 Å². The van der Waals surface area contributed by atoms with Crippen LogP contribution in [-0.4, -0.2) is 19.3 Å². The number of hydrogen-bond donors (Lipinski definition) is 1. The van der Waals surface area contributed by atoms with Crippen molar-refractivity contribution in [1.29, 1.82) is 0 Å². The summed E-state index contributed by atoms with van der Waals surface area (Å²) in [5.41, 5.74) is -0.355. The number of benzene rings is 1. The molecule has 1 aliphatic carbocycles. The fraction of sp³-hybridized carbons (Fsp3) is 0.571. The van der Waals surface area contributed by atoms with Gasteiger partial charge in [-0.15, -0.1) is 0 Å². The van der Waals surface area contributed by atoms with Crippen molar-refractivity contribution in [2.24, 2.45) is 0 Å². The summed E-state index contributed by atoms with van der Waals surface area (Å²) in [5.74, 6) is 0. The molecule has 2 unspecified atom stereocenters. The van der Waals surface area contributed by atoms with Crippen molar-refractivity contribution in [1.82, 2.24) is 0 Å². The Kier molecular flexibility index (Phi) is 4.81. The second-order valence-electron chi connectivity index (χ2n) is 5.06. The Bertz CT molecular complexity index is 464. The van der Waals surface area contributed by atoms with Gasteiger partial charge in [-0.3, -0.25) is 0 Å². The molecule has 0 radical (unpaired) electrons. The van der Waals surface area contributed by atoms with Gasteiger partial charge in [-0.05, 0) is 43.9 Å². The third-order valence-electron chi connectivity index (χ3n) is 3.61. The second-order valence-corrected chi connectivity index (χ2v) is 5.47. The Morgan fingerprint density at radius 1 is 1.30 bits per heavy atom. The van der Waals surface area contributed by atoms with Crippen molar-refractivity contribution < 1.29 is 17.9 Å². The summed E-state index contributed by atoms with van der Waals surface area (Å²) in [6.07, 6.45) is -0.526. The summed E-state index contributed by atoms with van der Waals surface area (Å²) < 4.78 is 43.4. The smallest absolute Gasteiger partial charge is 0.381 e. The van der Waals surface area contributed by atoms with Gasteiger partial charge in [0, 0.05) is 13.2 Å². The van der Waals surface area contributed by atoms with Crippen molar-refractivity contribution in [3.63, 3.8) is 0 Å². The van der Waals surface area contributed by atoms with Gasteiger partial charge in [-0.25, -0.2) is 0 Å². The molecule has 2 rings (SSSR count). The Balaban J connectivity index is 2.12. The molecule has 0 aliphatic heterocycles. The van der Waals surface area contributed by atoms with E-state index in [4.69, 9.17) is 16.3 Å². The van der Waals surface area contributed by atoms with E-state index in [2.05, 4.69) is 5.32 Å². The van der Waals surface area contributed by atoms with Crippen LogP contribution in [0, 0.1) is 0 Å². The van der Waals surface area contributed by atoms with Gasteiger partial charge in [0.25, 0.3) is 0 Å². The van der Waals surface area contributed by atoms with Crippen molar-refractivity contribution in [3.05, 3.63) is 28.8 Å². The number of hydrogen-bond acceptors (Lipinski definition) is 2. The van der Waals surface area contributed by atoms with E-state index in [1.165, 1.54) is 6.07 Å². The molecule has 0 bridgehead atoms. The zero-order valence-corrected chi connectivity index (χ0v) is 11.9. The zero-order chi connectivity index (χ0) is 14.8. The first-order valence-electron chi connectivity index (χ1n) is 6.56. The average Bonchev–Trinajstić information content (AvgIpc) is 2.40. The summed E-state index contributed by atoms with van der Waals surface area (Å²) in [6.45, 7) is 0. The van der Waals surface area contributed by atoms with Crippen LogP contribution in [0.1, 0.15) is 31.2 Å². The van der Waals surface area contributed by atoms with Crippen LogP contribution in [-0.2, 0) is 10.9 Å². The highest BCUT2D eigenvalue weighted by atomic mass is 35.5. The SMILES string of the molecule is COC1CCCC(Nc2cc(C(F)(F)F)ccc2Cl)C1. The fourth-order valence-electron chi connectivity index (χ4n) is 2.52. The van der Waals surface area contributed by atoms with Crippen LogP contribution in [0.15, 0.2) is 18.2 Å². The predicted molar refractivity (Wildman–Crippen MR) is 73.1 cm³/mol. The minimum absolute atomic E-state index is 0.0923. The molecule has 0 spiro atoms. The zero-order valence-electron chi connectivity index (χ0n) is 11.1. The van der Waals surface area contributed by atoms with Crippen LogP contribution < -0.4 is 5.32 Å². The summed E-state index contributed by atoms with van der Waals surface area (Å²) in [4.78, 5) is 0. The topological polar surface area (TPSA) is 21.3 Å². The molecule has 0 saturated heterocycles. The number of halogens is 4.